The van der Waals surface area contributed by atoms with Gasteiger partial charge in [0.25, 0.3) is 5.91 Å². The van der Waals surface area contributed by atoms with Gasteiger partial charge in [-0.2, -0.15) is 0 Å². The highest BCUT2D eigenvalue weighted by atomic mass is 35.5. The monoisotopic (exact) mass is 433 g/mol. The average molecular weight is 434 g/mol. The van der Waals surface area contributed by atoms with Crippen molar-refractivity contribution < 1.29 is 9.53 Å². The largest absolute Gasteiger partial charge is 0.481 e. The number of hydrogen-bond donors (Lipinski definition) is 1. The summed E-state index contributed by atoms with van der Waals surface area (Å²) in [5.74, 6) is 1.14. The Hall–Kier alpha value is -2.09. The molecular weight excluding hydrogens is 414 g/mol. The van der Waals surface area contributed by atoms with Gasteiger partial charge in [0, 0.05) is 10.8 Å². The number of nitrogens with one attached hydrogen (secondary N) is 1. The summed E-state index contributed by atoms with van der Waals surface area (Å²) >= 11 is 9.11. The number of rotatable bonds is 7. The molecule has 0 saturated carbocycles. The van der Waals surface area contributed by atoms with Crippen LogP contribution in [0.4, 0.5) is 5.13 Å². The summed E-state index contributed by atoms with van der Waals surface area (Å²) in [6.07, 6.45) is -0.677. The third-order valence-corrected chi connectivity index (χ3v) is 6.57. The molecule has 0 fully saturated rings. The highest BCUT2D eigenvalue weighted by Crippen LogP contribution is 2.29. The molecule has 0 bridgehead atoms. The number of carbonyl (C=O) groups excluding carboxylic acids is 1. The number of benzene rings is 2. The highest BCUT2D eigenvalue weighted by Gasteiger charge is 2.18. The van der Waals surface area contributed by atoms with Crippen LogP contribution in [0.25, 0.3) is 0 Å². The van der Waals surface area contributed by atoms with Gasteiger partial charge in [-0.3, -0.25) is 10.1 Å². The van der Waals surface area contributed by atoms with Crippen LogP contribution in [0.3, 0.4) is 0 Å². The van der Waals surface area contributed by atoms with E-state index in [9.17, 15) is 4.79 Å². The van der Waals surface area contributed by atoms with E-state index < -0.39 is 6.10 Å². The summed E-state index contributed by atoms with van der Waals surface area (Å²) in [7, 11) is 0. The Labute approximate surface area is 177 Å². The van der Waals surface area contributed by atoms with Crippen LogP contribution >= 0.6 is 34.7 Å². The smallest absolute Gasteiger partial charge is 0.266 e. The number of amides is 1. The van der Waals surface area contributed by atoms with E-state index in [1.165, 1.54) is 16.9 Å². The quantitative estimate of drug-likeness (QED) is 0.393. The van der Waals surface area contributed by atoms with Gasteiger partial charge in [-0.1, -0.05) is 65.0 Å². The van der Waals surface area contributed by atoms with Gasteiger partial charge >= 0.3 is 0 Å². The molecule has 1 aromatic heterocycles. The molecule has 0 aliphatic rings. The third-order valence-electron chi connectivity index (χ3n) is 3.93. The molecular formula is C20H20ClN3O2S2. The number of nitrogens with zero attached hydrogens (tertiary/aromatic N) is 2. The summed E-state index contributed by atoms with van der Waals surface area (Å²) < 4.78 is 6.56. The van der Waals surface area contributed by atoms with Gasteiger partial charge < -0.3 is 4.74 Å². The maximum Gasteiger partial charge on any atom is 0.266 e. The van der Waals surface area contributed by atoms with Crippen molar-refractivity contribution >= 4 is 45.7 Å². The number of hydrogen-bond acceptors (Lipinski definition) is 6. The van der Waals surface area contributed by atoms with E-state index in [2.05, 4.69) is 27.6 Å². The summed E-state index contributed by atoms with van der Waals surface area (Å²) in [6, 6.07) is 13.8. The number of carbonyl (C=O) groups is 1. The Balaban J connectivity index is 1.55. The second-order valence-corrected chi connectivity index (χ2v) is 8.85. The van der Waals surface area contributed by atoms with E-state index in [1.807, 2.05) is 44.2 Å². The van der Waals surface area contributed by atoms with Crippen molar-refractivity contribution in [1.82, 2.24) is 10.2 Å². The van der Waals surface area contributed by atoms with Crippen molar-refractivity contribution in [1.29, 1.82) is 0 Å². The molecule has 8 heteroatoms. The van der Waals surface area contributed by atoms with E-state index >= 15 is 0 Å². The Morgan fingerprint density at radius 2 is 1.89 bits per heavy atom. The topological polar surface area (TPSA) is 64.1 Å². The molecule has 1 N–H and O–H groups in total. The molecule has 0 aliphatic carbocycles. The van der Waals surface area contributed by atoms with Crippen LogP contribution in [-0.4, -0.2) is 22.2 Å². The molecule has 0 radical (unpaired) electrons. The summed E-state index contributed by atoms with van der Waals surface area (Å²) in [5, 5.41) is 12.1. The molecule has 0 saturated heterocycles. The minimum absolute atomic E-state index is 0.277. The third kappa shape index (κ3) is 5.47. The van der Waals surface area contributed by atoms with Crippen LogP contribution in [0.1, 0.15) is 23.6 Å². The molecule has 3 aromatic rings. The van der Waals surface area contributed by atoms with Gasteiger partial charge in [0.05, 0.1) is 0 Å². The van der Waals surface area contributed by atoms with E-state index in [4.69, 9.17) is 16.3 Å². The van der Waals surface area contributed by atoms with Crippen molar-refractivity contribution in [2.45, 2.75) is 37.0 Å². The van der Waals surface area contributed by atoms with Gasteiger partial charge in [0.1, 0.15) is 5.75 Å². The predicted octanol–water partition coefficient (Wildman–Crippen LogP) is 5.51. The van der Waals surface area contributed by atoms with Gasteiger partial charge in [0.15, 0.2) is 10.4 Å². The molecule has 0 aliphatic heterocycles. The van der Waals surface area contributed by atoms with Crippen LogP contribution in [0.15, 0.2) is 46.8 Å². The predicted molar refractivity (Wildman–Crippen MR) is 116 cm³/mol. The number of anilines is 1. The standard InChI is InChI=1S/C20H20ClN3O2S2/c1-12-9-16(10-13(2)17(12)21)26-14(3)18(25)22-19-23-24-20(28-19)27-11-15-7-5-4-6-8-15/h4-10,14H,11H2,1-3H3,(H,22,23,25)/t14-/m0/s1. The SMILES string of the molecule is Cc1cc(O[C@@H](C)C(=O)Nc2nnc(SCc3ccccc3)s2)cc(C)c1Cl. The van der Waals surface area contributed by atoms with Gasteiger partial charge in [-0.25, -0.2) is 0 Å². The maximum atomic E-state index is 12.4. The van der Waals surface area contributed by atoms with Crippen LogP contribution < -0.4 is 10.1 Å². The summed E-state index contributed by atoms with van der Waals surface area (Å²) in [5.41, 5.74) is 3.03. The molecule has 146 valence electrons. The second-order valence-electron chi connectivity index (χ2n) is 6.27. The zero-order valence-electron chi connectivity index (χ0n) is 15.7. The second kappa shape index (κ2) is 9.41. The lowest BCUT2D eigenvalue weighted by atomic mass is 10.1. The molecule has 1 atom stereocenters. The molecule has 1 heterocycles. The first-order valence-corrected chi connectivity index (χ1v) is 10.8. The van der Waals surface area contributed by atoms with Crippen molar-refractivity contribution in [3.8, 4) is 5.75 Å². The molecule has 0 unspecified atom stereocenters. The summed E-state index contributed by atoms with van der Waals surface area (Å²) in [4.78, 5) is 12.4. The first kappa shape index (κ1) is 20.6. The first-order chi connectivity index (χ1) is 13.4. The van der Waals surface area contributed by atoms with Gasteiger partial charge in [-0.05, 0) is 49.6 Å². The van der Waals surface area contributed by atoms with Crippen molar-refractivity contribution in [2.24, 2.45) is 0 Å². The molecule has 5 nitrogen and oxygen atoms in total. The minimum atomic E-state index is -0.677. The Kier molecular flexibility index (Phi) is 6.93. The molecule has 2 aromatic carbocycles. The number of aromatic nitrogens is 2. The highest BCUT2D eigenvalue weighted by molar-refractivity contribution is 8.00. The lowest BCUT2D eigenvalue weighted by molar-refractivity contribution is -0.122. The minimum Gasteiger partial charge on any atom is -0.481 e. The molecule has 28 heavy (non-hydrogen) atoms. The number of aryl methyl sites for hydroxylation is 2. The van der Waals surface area contributed by atoms with Gasteiger partial charge in [-0.15, -0.1) is 10.2 Å². The molecule has 0 spiro atoms. The average Bonchev–Trinajstić information content (AvgIpc) is 3.12. The Morgan fingerprint density at radius 1 is 1.21 bits per heavy atom. The number of ether oxygens (including phenoxy) is 1. The zero-order chi connectivity index (χ0) is 20.1. The fraction of sp³-hybridized carbons (Fsp3) is 0.250. The van der Waals surface area contributed by atoms with Crippen LogP contribution in [0.5, 0.6) is 5.75 Å². The Bertz CT molecular complexity index is 940. The fourth-order valence-corrected chi connectivity index (χ4v) is 4.30. The fourth-order valence-electron chi connectivity index (χ4n) is 2.48. The van der Waals surface area contributed by atoms with Crippen LogP contribution in [0.2, 0.25) is 5.02 Å². The normalized spacial score (nSPS) is 11.9. The number of halogens is 1. The lowest BCUT2D eigenvalue weighted by Crippen LogP contribution is -2.30. The lowest BCUT2D eigenvalue weighted by Gasteiger charge is -2.15. The first-order valence-electron chi connectivity index (χ1n) is 8.67. The zero-order valence-corrected chi connectivity index (χ0v) is 18.1. The van der Waals surface area contributed by atoms with Crippen LogP contribution in [0, 0.1) is 13.8 Å². The van der Waals surface area contributed by atoms with E-state index in [0.29, 0.717) is 15.9 Å². The Morgan fingerprint density at radius 3 is 2.57 bits per heavy atom. The van der Waals surface area contributed by atoms with E-state index in [1.54, 1.807) is 18.7 Å². The van der Waals surface area contributed by atoms with Crippen molar-refractivity contribution in [3.63, 3.8) is 0 Å². The van der Waals surface area contributed by atoms with E-state index in [-0.39, 0.29) is 5.91 Å². The molecule has 1 amide bonds. The van der Waals surface area contributed by atoms with E-state index in [0.717, 1.165) is 21.2 Å². The summed E-state index contributed by atoms with van der Waals surface area (Å²) in [6.45, 7) is 5.51. The van der Waals surface area contributed by atoms with Crippen molar-refractivity contribution in [2.75, 3.05) is 5.32 Å². The molecule has 3 rings (SSSR count). The van der Waals surface area contributed by atoms with Crippen molar-refractivity contribution in [3.05, 3.63) is 64.2 Å². The number of thioether (sulfide) groups is 1. The van der Waals surface area contributed by atoms with Gasteiger partial charge in [0.2, 0.25) is 5.13 Å². The maximum absolute atomic E-state index is 12.4. The van der Waals surface area contributed by atoms with Crippen LogP contribution in [-0.2, 0) is 10.5 Å².